The van der Waals surface area contributed by atoms with Gasteiger partial charge in [-0.05, 0) is 18.1 Å². The van der Waals surface area contributed by atoms with Gasteiger partial charge in [0.1, 0.15) is 11.9 Å². The number of benzene rings is 1. The van der Waals surface area contributed by atoms with Gasteiger partial charge in [0.2, 0.25) is 5.91 Å². The fourth-order valence-electron chi connectivity index (χ4n) is 1.60. The smallest absolute Gasteiger partial charge is 0.370 e. The van der Waals surface area contributed by atoms with Crippen LogP contribution < -0.4 is 11.1 Å². The quantitative estimate of drug-likeness (QED) is 0.837. The van der Waals surface area contributed by atoms with Gasteiger partial charge in [0, 0.05) is 0 Å². The van der Waals surface area contributed by atoms with Gasteiger partial charge in [-0.25, -0.2) is 4.39 Å². The molecule has 3 nitrogen and oxygen atoms in total. The number of hydrogen-bond acceptors (Lipinski definition) is 2. The molecule has 8 heteroatoms. The van der Waals surface area contributed by atoms with E-state index in [0.717, 1.165) is 0 Å². The summed E-state index contributed by atoms with van der Waals surface area (Å²) in [4.78, 5) is 11.2. The molecule has 0 saturated carbocycles. The first kappa shape index (κ1) is 16.6. The molecule has 0 saturated heterocycles. The molecule has 1 amide bonds. The highest BCUT2D eigenvalue weighted by Gasteiger charge is 2.33. The second-order valence-corrected chi connectivity index (χ2v) is 4.99. The minimum atomic E-state index is -4.70. The van der Waals surface area contributed by atoms with Gasteiger partial charge >= 0.3 is 6.18 Å². The van der Waals surface area contributed by atoms with Crippen LogP contribution in [0.1, 0.15) is 19.4 Å². The highest BCUT2D eigenvalue weighted by Crippen LogP contribution is 2.36. The molecule has 0 radical (unpaired) electrons. The van der Waals surface area contributed by atoms with E-state index in [1.165, 1.54) is 0 Å². The molecule has 0 aliphatic carbocycles. The van der Waals surface area contributed by atoms with Crippen molar-refractivity contribution in [3.63, 3.8) is 0 Å². The number of rotatable bonds is 4. The van der Waals surface area contributed by atoms with E-state index < -0.39 is 34.5 Å². The summed E-state index contributed by atoms with van der Waals surface area (Å²) >= 11 is 5.64. The molecule has 0 aliphatic rings. The third-order valence-corrected chi connectivity index (χ3v) is 2.94. The zero-order chi connectivity index (χ0) is 15.7. The van der Waals surface area contributed by atoms with Crippen LogP contribution >= 0.6 is 11.6 Å². The highest BCUT2D eigenvalue weighted by molar-refractivity contribution is 6.33. The molecule has 0 spiro atoms. The molecule has 20 heavy (non-hydrogen) atoms. The van der Waals surface area contributed by atoms with Crippen LogP contribution in [0.4, 0.5) is 23.2 Å². The molecule has 1 rings (SSSR count). The minimum absolute atomic E-state index is 0.287. The molecule has 1 atom stereocenters. The van der Waals surface area contributed by atoms with Gasteiger partial charge in [-0.1, -0.05) is 25.4 Å². The monoisotopic (exact) mass is 312 g/mol. The Hall–Kier alpha value is -1.50. The molecule has 1 aromatic carbocycles. The maximum absolute atomic E-state index is 13.7. The number of nitrogens with two attached hydrogens (primary N) is 1. The fourth-order valence-corrected chi connectivity index (χ4v) is 1.86. The van der Waals surface area contributed by atoms with Crippen molar-refractivity contribution in [3.05, 3.63) is 28.5 Å². The Morgan fingerprint density at radius 3 is 2.25 bits per heavy atom. The van der Waals surface area contributed by atoms with Gasteiger partial charge in [-0.2, -0.15) is 13.2 Å². The summed E-state index contributed by atoms with van der Waals surface area (Å²) in [6, 6.07) is -0.0449. The van der Waals surface area contributed by atoms with E-state index in [2.05, 4.69) is 5.32 Å². The lowest BCUT2D eigenvalue weighted by Crippen LogP contribution is -2.39. The lowest BCUT2D eigenvalue weighted by atomic mass is 10.0. The number of alkyl halides is 3. The number of amides is 1. The van der Waals surface area contributed by atoms with Crippen molar-refractivity contribution >= 4 is 23.2 Å². The molecule has 3 N–H and O–H groups in total. The third-order valence-electron chi connectivity index (χ3n) is 2.64. The maximum atomic E-state index is 13.7. The fraction of sp³-hybridized carbons (Fsp3) is 0.417. The summed E-state index contributed by atoms with van der Waals surface area (Å²) in [6.07, 6.45) is -4.70. The number of nitrogens with one attached hydrogen (secondary N) is 1. The van der Waals surface area contributed by atoms with Gasteiger partial charge in [0.25, 0.3) is 0 Å². The average molecular weight is 313 g/mol. The van der Waals surface area contributed by atoms with Gasteiger partial charge < -0.3 is 11.1 Å². The van der Waals surface area contributed by atoms with Crippen LogP contribution in [-0.2, 0) is 11.0 Å². The van der Waals surface area contributed by atoms with E-state index >= 15 is 0 Å². The Balaban J connectivity index is 3.18. The Kier molecular flexibility index (Phi) is 4.86. The summed E-state index contributed by atoms with van der Waals surface area (Å²) in [5.41, 5.74) is 3.56. The first-order chi connectivity index (χ1) is 9.04. The summed E-state index contributed by atoms with van der Waals surface area (Å²) in [5.74, 6) is -2.24. The highest BCUT2D eigenvalue weighted by atomic mass is 35.5. The van der Waals surface area contributed by atoms with Crippen LogP contribution in [0.25, 0.3) is 0 Å². The first-order valence-corrected chi connectivity index (χ1v) is 6.04. The van der Waals surface area contributed by atoms with Gasteiger partial charge in [-0.3, -0.25) is 4.79 Å². The van der Waals surface area contributed by atoms with Crippen molar-refractivity contribution < 1.29 is 22.4 Å². The molecule has 0 heterocycles. The van der Waals surface area contributed by atoms with E-state index in [-0.39, 0.29) is 11.6 Å². The summed E-state index contributed by atoms with van der Waals surface area (Å²) in [7, 11) is 0. The molecule has 1 unspecified atom stereocenters. The Bertz CT molecular complexity index is 494. The Labute approximate surface area is 118 Å². The van der Waals surface area contributed by atoms with Crippen molar-refractivity contribution in [1.82, 2.24) is 0 Å². The number of hydrogen-bond donors (Lipinski definition) is 2. The lowest BCUT2D eigenvalue weighted by Gasteiger charge is -2.22. The Morgan fingerprint density at radius 2 is 1.90 bits per heavy atom. The normalized spacial score (nSPS) is 13.4. The topological polar surface area (TPSA) is 55.1 Å². The van der Waals surface area contributed by atoms with Crippen molar-refractivity contribution in [3.8, 4) is 0 Å². The van der Waals surface area contributed by atoms with E-state index in [4.69, 9.17) is 17.3 Å². The average Bonchev–Trinajstić information content (AvgIpc) is 2.25. The third kappa shape index (κ3) is 3.75. The van der Waals surface area contributed by atoms with E-state index in [0.29, 0.717) is 12.1 Å². The molecule has 0 aromatic heterocycles. The van der Waals surface area contributed by atoms with Gasteiger partial charge in [0.15, 0.2) is 0 Å². The van der Waals surface area contributed by atoms with Crippen LogP contribution in [-0.4, -0.2) is 11.9 Å². The molecule has 1 aromatic rings. The van der Waals surface area contributed by atoms with Gasteiger partial charge in [-0.15, -0.1) is 0 Å². The van der Waals surface area contributed by atoms with Crippen molar-refractivity contribution in [2.75, 3.05) is 5.32 Å². The van der Waals surface area contributed by atoms with Crippen LogP contribution in [0.2, 0.25) is 5.02 Å². The summed E-state index contributed by atoms with van der Waals surface area (Å²) in [6.45, 7) is 3.30. The largest absolute Gasteiger partial charge is 0.416 e. The zero-order valence-electron chi connectivity index (χ0n) is 10.7. The predicted molar refractivity (Wildman–Crippen MR) is 67.9 cm³/mol. The second kappa shape index (κ2) is 5.87. The molecule has 0 aliphatic heterocycles. The molecule has 112 valence electrons. The number of halogens is 5. The lowest BCUT2D eigenvalue weighted by molar-refractivity contribution is -0.137. The molecular weight excluding hydrogens is 300 g/mol. The van der Waals surface area contributed by atoms with Crippen molar-refractivity contribution in [2.45, 2.75) is 26.1 Å². The maximum Gasteiger partial charge on any atom is 0.416 e. The number of anilines is 1. The first-order valence-electron chi connectivity index (χ1n) is 5.66. The van der Waals surface area contributed by atoms with Crippen LogP contribution in [0.5, 0.6) is 0 Å². The number of primary amides is 1. The molecule has 0 fully saturated rings. The number of carbonyl (C=O) groups is 1. The molecular formula is C12H13ClF4N2O. The predicted octanol–water partition coefficient (Wildman–Crippen LogP) is 3.42. The SMILES string of the molecule is CC(C)C(Nc1c(F)cc(C(F)(F)F)cc1Cl)C(N)=O. The minimum Gasteiger partial charge on any atom is -0.370 e. The number of carbonyl (C=O) groups excluding carboxylic acids is 1. The van der Waals surface area contributed by atoms with Crippen LogP contribution in [0.3, 0.4) is 0 Å². The summed E-state index contributed by atoms with van der Waals surface area (Å²) in [5, 5.41) is 1.98. The van der Waals surface area contributed by atoms with Crippen LogP contribution in [0.15, 0.2) is 12.1 Å². The van der Waals surface area contributed by atoms with E-state index in [1.807, 2.05) is 0 Å². The second-order valence-electron chi connectivity index (χ2n) is 4.58. The zero-order valence-corrected chi connectivity index (χ0v) is 11.4. The standard InChI is InChI=1S/C12H13ClF4N2O/c1-5(2)9(11(18)20)19-10-7(13)3-6(4-8(10)14)12(15,16)17/h3-5,9,19H,1-2H3,(H2,18,20). The summed E-state index contributed by atoms with van der Waals surface area (Å²) < 4.78 is 51.2. The van der Waals surface area contributed by atoms with Crippen molar-refractivity contribution in [2.24, 2.45) is 11.7 Å². The van der Waals surface area contributed by atoms with E-state index in [9.17, 15) is 22.4 Å². The Morgan fingerprint density at radius 1 is 1.35 bits per heavy atom. The van der Waals surface area contributed by atoms with Gasteiger partial charge in [0.05, 0.1) is 16.3 Å². The van der Waals surface area contributed by atoms with Crippen LogP contribution in [0, 0.1) is 11.7 Å². The van der Waals surface area contributed by atoms with E-state index in [1.54, 1.807) is 13.8 Å². The molecule has 0 bridgehead atoms. The van der Waals surface area contributed by atoms with Crippen molar-refractivity contribution in [1.29, 1.82) is 0 Å².